The minimum Gasteiger partial charge on any atom is -0.481 e. The molecule has 4 N–H and O–H groups in total. The Bertz CT molecular complexity index is 1640. The number of hydrogen-bond donors (Lipinski definition) is 4. The summed E-state index contributed by atoms with van der Waals surface area (Å²) in [6.45, 7) is -0.736. The molecule has 1 aliphatic carbocycles. The quantitative estimate of drug-likeness (QED) is 0.200. The molecule has 1 aliphatic rings. The van der Waals surface area contributed by atoms with Crippen LogP contribution >= 0.6 is 0 Å². The lowest BCUT2D eigenvalue weighted by Gasteiger charge is -2.25. The topological polar surface area (TPSA) is 181 Å². The van der Waals surface area contributed by atoms with E-state index < -0.39 is 36.5 Å². The highest BCUT2D eigenvalue weighted by Gasteiger charge is 2.26. The summed E-state index contributed by atoms with van der Waals surface area (Å²) in [5.74, 6) is -4.00. The summed E-state index contributed by atoms with van der Waals surface area (Å²) in [6, 6.07) is 9.69. The molecule has 1 atom stereocenters. The number of carbonyl (C=O) groups is 4. The number of aromatic nitrogens is 2. The van der Waals surface area contributed by atoms with Gasteiger partial charge in [-0.05, 0) is 54.8 Å². The van der Waals surface area contributed by atoms with Gasteiger partial charge in [-0.3, -0.25) is 4.79 Å². The number of furan rings is 1. The fourth-order valence-electron chi connectivity index (χ4n) is 5.36. The third kappa shape index (κ3) is 6.12. The van der Waals surface area contributed by atoms with Crippen LogP contribution in [0.4, 0.5) is 0 Å². The maximum absolute atomic E-state index is 13.2. The SMILES string of the molecule is O=C(O)COc1ccc(CC(NC(=O)c2ccc3c(c2)nc(-c2ccoc2)n3C2CCCCC2)C(=O)O)cc1C(=O)O. The number of benzene rings is 2. The van der Waals surface area contributed by atoms with Gasteiger partial charge in [0, 0.05) is 18.0 Å². The molecule has 12 nitrogen and oxygen atoms in total. The van der Waals surface area contributed by atoms with E-state index in [0.29, 0.717) is 11.1 Å². The van der Waals surface area contributed by atoms with E-state index in [0.717, 1.165) is 42.6 Å². The van der Waals surface area contributed by atoms with E-state index in [9.17, 15) is 29.4 Å². The summed E-state index contributed by atoms with van der Waals surface area (Å²) < 4.78 is 12.5. The van der Waals surface area contributed by atoms with Crippen LogP contribution in [0.3, 0.4) is 0 Å². The minimum atomic E-state index is -1.37. The summed E-state index contributed by atoms with van der Waals surface area (Å²) >= 11 is 0. The van der Waals surface area contributed by atoms with Crippen LogP contribution in [0.2, 0.25) is 0 Å². The number of aromatic carboxylic acids is 1. The van der Waals surface area contributed by atoms with E-state index in [2.05, 4.69) is 9.88 Å². The van der Waals surface area contributed by atoms with E-state index in [1.54, 1.807) is 24.7 Å². The average Bonchev–Trinajstić information content (AvgIpc) is 3.64. The third-order valence-corrected chi connectivity index (χ3v) is 7.34. The number of nitrogens with one attached hydrogen (secondary N) is 1. The molecule has 4 aromatic rings. The zero-order chi connectivity index (χ0) is 29.8. The number of carboxylic acids is 3. The van der Waals surface area contributed by atoms with Gasteiger partial charge in [0.2, 0.25) is 0 Å². The minimum absolute atomic E-state index is 0.166. The zero-order valence-electron chi connectivity index (χ0n) is 22.5. The van der Waals surface area contributed by atoms with Crippen molar-refractivity contribution < 1.29 is 43.7 Å². The van der Waals surface area contributed by atoms with E-state index in [1.165, 1.54) is 24.6 Å². The zero-order valence-corrected chi connectivity index (χ0v) is 22.5. The second-order valence-corrected chi connectivity index (χ2v) is 10.2. The van der Waals surface area contributed by atoms with Gasteiger partial charge in [-0.25, -0.2) is 19.4 Å². The third-order valence-electron chi connectivity index (χ3n) is 7.34. The van der Waals surface area contributed by atoms with E-state index in [1.807, 2.05) is 12.1 Å². The Kier molecular flexibility index (Phi) is 8.23. The van der Waals surface area contributed by atoms with Gasteiger partial charge in [-0.2, -0.15) is 0 Å². The van der Waals surface area contributed by atoms with Gasteiger partial charge in [-0.1, -0.05) is 25.3 Å². The van der Waals surface area contributed by atoms with Crippen LogP contribution in [-0.2, 0) is 16.0 Å². The molecule has 218 valence electrons. The first-order valence-corrected chi connectivity index (χ1v) is 13.5. The predicted molar refractivity (Wildman–Crippen MR) is 149 cm³/mol. The number of rotatable bonds is 11. The van der Waals surface area contributed by atoms with Crippen molar-refractivity contribution in [2.24, 2.45) is 0 Å². The second kappa shape index (κ2) is 12.2. The number of aliphatic carboxylic acids is 2. The molecule has 2 aromatic carbocycles. The number of imidazole rings is 1. The molecule has 42 heavy (non-hydrogen) atoms. The lowest BCUT2D eigenvalue weighted by Crippen LogP contribution is -2.42. The first-order chi connectivity index (χ1) is 20.2. The number of nitrogens with zero attached hydrogens (tertiary/aromatic N) is 2. The monoisotopic (exact) mass is 575 g/mol. The van der Waals surface area contributed by atoms with E-state index in [-0.39, 0.29) is 29.3 Å². The lowest BCUT2D eigenvalue weighted by molar-refractivity contribution is -0.140. The average molecular weight is 576 g/mol. The largest absolute Gasteiger partial charge is 0.481 e. The smallest absolute Gasteiger partial charge is 0.341 e. The van der Waals surface area contributed by atoms with Gasteiger partial charge in [-0.15, -0.1) is 0 Å². The van der Waals surface area contributed by atoms with E-state index >= 15 is 0 Å². The molecule has 1 saturated carbocycles. The second-order valence-electron chi connectivity index (χ2n) is 10.2. The molecule has 0 spiro atoms. The molecule has 0 aliphatic heterocycles. The van der Waals surface area contributed by atoms with Crippen LogP contribution in [0.25, 0.3) is 22.4 Å². The van der Waals surface area contributed by atoms with Gasteiger partial charge < -0.3 is 34.4 Å². The number of fused-ring (bicyclic) bond motifs is 1. The number of carboxylic acid groups (broad SMARTS) is 3. The highest BCUT2D eigenvalue weighted by Crippen LogP contribution is 2.36. The molecule has 1 amide bonds. The molecule has 5 rings (SSSR count). The van der Waals surface area contributed by atoms with Crippen LogP contribution in [0.5, 0.6) is 5.75 Å². The van der Waals surface area contributed by atoms with Crippen molar-refractivity contribution in [2.45, 2.75) is 50.6 Å². The number of ether oxygens (including phenoxy) is 1. The molecule has 1 unspecified atom stereocenters. The molecule has 12 heteroatoms. The molecule has 0 bridgehead atoms. The van der Waals surface area contributed by atoms with Crippen LogP contribution in [0.1, 0.15) is 64.4 Å². The summed E-state index contributed by atoms with van der Waals surface area (Å²) in [7, 11) is 0. The fourth-order valence-corrected chi connectivity index (χ4v) is 5.36. The standard InChI is InChI=1S/C30H29N3O9/c34-26(35)16-42-25-9-6-17(12-21(25)29(37)38)13-23(30(39)40)32-28(36)18-7-8-24-22(14-18)31-27(19-10-11-41-15-19)33(24)20-4-2-1-3-5-20/h6-12,14-15,20,23H,1-5,13,16H2,(H,32,36)(H,34,35)(H,37,38)(H,39,40). The Labute approximate surface area is 239 Å². The highest BCUT2D eigenvalue weighted by atomic mass is 16.5. The highest BCUT2D eigenvalue weighted by molar-refractivity contribution is 5.99. The number of carbonyl (C=O) groups excluding carboxylic acids is 1. The van der Waals surface area contributed by atoms with Gasteiger partial charge in [0.15, 0.2) is 6.61 Å². The van der Waals surface area contributed by atoms with Crippen molar-refractivity contribution in [3.8, 4) is 17.1 Å². The Morgan fingerprint density at radius 2 is 1.81 bits per heavy atom. The summed E-state index contributed by atoms with van der Waals surface area (Å²) in [5.41, 5.74) is 2.50. The Hall–Kier alpha value is -5.13. The normalized spacial score (nSPS) is 14.4. The summed E-state index contributed by atoms with van der Waals surface area (Å²) in [6.07, 6.45) is 8.48. The number of amides is 1. The summed E-state index contributed by atoms with van der Waals surface area (Å²) in [4.78, 5) is 52.5. The van der Waals surface area contributed by atoms with Crippen LogP contribution in [0.15, 0.2) is 59.4 Å². The van der Waals surface area contributed by atoms with Crippen LogP contribution < -0.4 is 10.1 Å². The number of hydrogen-bond acceptors (Lipinski definition) is 7. The maximum atomic E-state index is 13.2. The molecule has 2 aromatic heterocycles. The van der Waals surface area contributed by atoms with Crippen molar-refractivity contribution in [3.63, 3.8) is 0 Å². The molecule has 2 heterocycles. The molecule has 0 saturated heterocycles. The first-order valence-electron chi connectivity index (χ1n) is 13.5. The molecule has 0 radical (unpaired) electrons. The van der Waals surface area contributed by atoms with Gasteiger partial charge in [0.1, 0.15) is 29.4 Å². The Morgan fingerprint density at radius 3 is 2.48 bits per heavy atom. The van der Waals surface area contributed by atoms with Gasteiger partial charge in [0.25, 0.3) is 5.91 Å². The van der Waals surface area contributed by atoms with Crippen molar-refractivity contribution >= 4 is 34.8 Å². The molecular formula is C30H29N3O9. The Morgan fingerprint density at radius 1 is 1.02 bits per heavy atom. The predicted octanol–water partition coefficient (Wildman–Crippen LogP) is 4.39. The van der Waals surface area contributed by atoms with Crippen LogP contribution in [-0.4, -0.2) is 61.3 Å². The molecule has 1 fully saturated rings. The lowest BCUT2D eigenvalue weighted by atomic mass is 9.95. The van der Waals surface area contributed by atoms with Gasteiger partial charge in [0.05, 0.1) is 22.9 Å². The maximum Gasteiger partial charge on any atom is 0.341 e. The van der Waals surface area contributed by atoms with Crippen molar-refractivity contribution in [2.75, 3.05) is 6.61 Å². The van der Waals surface area contributed by atoms with Crippen molar-refractivity contribution in [1.82, 2.24) is 14.9 Å². The van der Waals surface area contributed by atoms with Crippen molar-refractivity contribution in [1.29, 1.82) is 0 Å². The van der Waals surface area contributed by atoms with Gasteiger partial charge >= 0.3 is 17.9 Å². The van der Waals surface area contributed by atoms with Crippen molar-refractivity contribution in [3.05, 3.63) is 71.7 Å². The van der Waals surface area contributed by atoms with Crippen LogP contribution in [0, 0.1) is 0 Å². The first kappa shape index (κ1) is 28.4. The van der Waals surface area contributed by atoms with E-state index in [4.69, 9.17) is 19.2 Å². The molecular weight excluding hydrogens is 546 g/mol. The fraction of sp³-hybridized carbons (Fsp3) is 0.300. The Balaban J connectivity index is 1.39. The summed E-state index contributed by atoms with van der Waals surface area (Å²) in [5, 5.41) is 30.7.